The second-order valence-electron chi connectivity index (χ2n) is 7.16. The molecule has 0 saturated heterocycles. The first-order chi connectivity index (χ1) is 9.37. The predicted molar refractivity (Wildman–Crippen MR) is 87.2 cm³/mol. The molecule has 114 valence electrons. The van der Waals surface area contributed by atoms with E-state index in [1.165, 1.54) is 12.0 Å². The zero-order valence-corrected chi connectivity index (χ0v) is 13.8. The molecular weight excluding hydrogens is 246 g/mol. The van der Waals surface area contributed by atoms with Gasteiger partial charge in [0.2, 0.25) is 0 Å². The van der Waals surface area contributed by atoms with Gasteiger partial charge in [-0.1, -0.05) is 46.8 Å². The quantitative estimate of drug-likeness (QED) is 0.699. The maximum Gasteiger partial charge on any atom is 0.119 e. The molecule has 0 radical (unpaired) electrons. The van der Waals surface area contributed by atoms with Crippen LogP contribution in [0.5, 0.6) is 5.75 Å². The third kappa shape index (κ3) is 8.21. The van der Waals surface area contributed by atoms with E-state index in [4.69, 9.17) is 4.74 Å². The van der Waals surface area contributed by atoms with Crippen molar-refractivity contribution in [2.24, 2.45) is 11.3 Å². The molecule has 2 nitrogen and oxygen atoms in total. The van der Waals surface area contributed by atoms with E-state index in [0.717, 1.165) is 31.9 Å². The molecular formula is C18H31NO. The summed E-state index contributed by atoms with van der Waals surface area (Å²) in [7, 11) is 0. The Hall–Kier alpha value is -1.02. The van der Waals surface area contributed by atoms with Crippen molar-refractivity contribution in [1.82, 2.24) is 5.32 Å². The van der Waals surface area contributed by atoms with Gasteiger partial charge < -0.3 is 10.1 Å². The Morgan fingerprint density at radius 3 is 2.30 bits per heavy atom. The van der Waals surface area contributed by atoms with Crippen LogP contribution in [-0.4, -0.2) is 13.2 Å². The highest BCUT2D eigenvalue weighted by atomic mass is 16.5. The van der Waals surface area contributed by atoms with Crippen molar-refractivity contribution in [3.8, 4) is 5.75 Å². The maximum atomic E-state index is 5.72. The molecule has 0 unspecified atom stereocenters. The summed E-state index contributed by atoms with van der Waals surface area (Å²) >= 11 is 0. The highest BCUT2D eigenvalue weighted by Crippen LogP contribution is 2.17. The van der Waals surface area contributed by atoms with Gasteiger partial charge in [0.25, 0.3) is 0 Å². The van der Waals surface area contributed by atoms with Gasteiger partial charge in [-0.3, -0.25) is 0 Å². The van der Waals surface area contributed by atoms with E-state index in [0.29, 0.717) is 11.3 Å². The lowest BCUT2D eigenvalue weighted by molar-refractivity contribution is 0.289. The van der Waals surface area contributed by atoms with Crippen molar-refractivity contribution < 1.29 is 4.74 Å². The van der Waals surface area contributed by atoms with Crippen LogP contribution in [0.3, 0.4) is 0 Å². The molecule has 0 heterocycles. The maximum absolute atomic E-state index is 5.72. The molecule has 0 fully saturated rings. The van der Waals surface area contributed by atoms with Crippen molar-refractivity contribution in [3.05, 3.63) is 29.8 Å². The molecule has 0 aliphatic rings. The molecule has 0 aliphatic heterocycles. The van der Waals surface area contributed by atoms with Crippen LogP contribution in [0.4, 0.5) is 0 Å². The molecule has 1 aromatic rings. The summed E-state index contributed by atoms with van der Waals surface area (Å²) in [5.74, 6) is 1.67. The van der Waals surface area contributed by atoms with Gasteiger partial charge in [0.1, 0.15) is 5.75 Å². The Kier molecular flexibility index (Phi) is 7.08. The van der Waals surface area contributed by atoms with E-state index in [1.54, 1.807) is 0 Å². The van der Waals surface area contributed by atoms with Crippen LogP contribution in [0.25, 0.3) is 0 Å². The molecule has 0 spiro atoms. The zero-order valence-electron chi connectivity index (χ0n) is 13.8. The molecule has 1 N–H and O–H groups in total. The largest absolute Gasteiger partial charge is 0.494 e. The lowest BCUT2D eigenvalue weighted by Gasteiger charge is -2.18. The average Bonchev–Trinajstić information content (AvgIpc) is 2.35. The lowest BCUT2D eigenvalue weighted by Crippen LogP contribution is -2.20. The average molecular weight is 277 g/mol. The zero-order chi connectivity index (χ0) is 15.0. The summed E-state index contributed by atoms with van der Waals surface area (Å²) < 4.78 is 5.72. The number of nitrogens with one attached hydrogen (secondary N) is 1. The van der Waals surface area contributed by atoms with Gasteiger partial charge >= 0.3 is 0 Å². The highest BCUT2D eigenvalue weighted by molar-refractivity contribution is 5.27. The predicted octanol–water partition coefficient (Wildman–Crippen LogP) is 4.64. The molecule has 20 heavy (non-hydrogen) atoms. The van der Waals surface area contributed by atoms with Gasteiger partial charge in [-0.2, -0.15) is 0 Å². The second kappa shape index (κ2) is 8.31. The van der Waals surface area contributed by atoms with Crippen molar-refractivity contribution >= 4 is 0 Å². The number of hydrogen-bond acceptors (Lipinski definition) is 2. The molecule has 1 rings (SSSR count). The second-order valence-corrected chi connectivity index (χ2v) is 7.16. The van der Waals surface area contributed by atoms with Crippen LogP contribution in [-0.2, 0) is 6.54 Å². The van der Waals surface area contributed by atoms with E-state index >= 15 is 0 Å². The number of ether oxygens (including phenoxy) is 1. The third-order valence-corrected chi connectivity index (χ3v) is 3.27. The minimum absolute atomic E-state index is 0.404. The minimum atomic E-state index is 0.404. The lowest BCUT2D eigenvalue weighted by atomic mass is 9.92. The number of benzene rings is 1. The summed E-state index contributed by atoms with van der Waals surface area (Å²) in [6, 6.07) is 8.44. The van der Waals surface area contributed by atoms with Gasteiger partial charge in [0.05, 0.1) is 6.61 Å². The standard InChI is InChI=1S/C18H31NO/c1-15(2)10-13-20-17-8-6-16(7-9-17)14-19-12-11-18(3,4)5/h6-9,15,19H,10-14H2,1-5H3. The molecule has 0 atom stereocenters. The molecule has 0 amide bonds. The molecule has 1 aromatic carbocycles. The van der Waals surface area contributed by atoms with Crippen molar-refractivity contribution in [1.29, 1.82) is 0 Å². The Morgan fingerprint density at radius 1 is 1.10 bits per heavy atom. The van der Waals surface area contributed by atoms with Gasteiger partial charge in [-0.25, -0.2) is 0 Å². The van der Waals surface area contributed by atoms with Crippen LogP contribution in [0.2, 0.25) is 0 Å². The molecule has 0 bridgehead atoms. The Balaban J connectivity index is 2.25. The highest BCUT2D eigenvalue weighted by Gasteiger charge is 2.08. The minimum Gasteiger partial charge on any atom is -0.494 e. The summed E-state index contributed by atoms with van der Waals surface area (Å²) in [5.41, 5.74) is 1.72. The van der Waals surface area contributed by atoms with Crippen molar-refractivity contribution in [3.63, 3.8) is 0 Å². The fraction of sp³-hybridized carbons (Fsp3) is 0.667. The Labute approximate surface area is 124 Å². The van der Waals surface area contributed by atoms with E-state index in [9.17, 15) is 0 Å². The van der Waals surface area contributed by atoms with Gasteiger partial charge in [-0.05, 0) is 48.4 Å². The molecule has 0 saturated carbocycles. The topological polar surface area (TPSA) is 21.3 Å². The normalized spacial score (nSPS) is 11.9. The fourth-order valence-corrected chi connectivity index (χ4v) is 1.81. The summed E-state index contributed by atoms with van der Waals surface area (Å²) in [4.78, 5) is 0. The monoisotopic (exact) mass is 277 g/mol. The summed E-state index contributed by atoms with van der Waals surface area (Å²) in [6.07, 6.45) is 2.31. The van der Waals surface area contributed by atoms with Gasteiger partial charge in [0, 0.05) is 6.54 Å². The van der Waals surface area contributed by atoms with Crippen LogP contribution in [0.1, 0.15) is 53.0 Å². The van der Waals surface area contributed by atoms with Crippen LogP contribution in [0.15, 0.2) is 24.3 Å². The first kappa shape index (κ1) is 17.0. The Bertz CT molecular complexity index is 362. The van der Waals surface area contributed by atoms with Crippen molar-refractivity contribution in [2.75, 3.05) is 13.2 Å². The SMILES string of the molecule is CC(C)CCOc1ccc(CNCCC(C)(C)C)cc1. The molecule has 2 heteroatoms. The van der Waals surface area contributed by atoms with E-state index in [-0.39, 0.29) is 0 Å². The summed E-state index contributed by atoms with van der Waals surface area (Å²) in [6.45, 7) is 14.1. The van der Waals surface area contributed by atoms with Crippen LogP contribution in [0, 0.1) is 11.3 Å². The van der Waals surface area contributed by atoms with Crippen LogP contribution < -0.4 is 10.1 Å². The number of hydrogen-bond donors (Lipinski definition) is 1. The molecule has 0 aromatic heterocycles. The van der Waals surface area contributed by atoms with Gasteiger partial charge in [0.15, 0.2) is 0 Å². The smallest absolute Gasteiger partial charge is 0.119 e. The summed E-state index contributed by atoms with van der Waals surface area (Å²) in [5, 5.41) is 3.49. The third-order valence-electron chi connectivity index (χ3n) is 3.27. The fourth-order valence-electron chi connectivity index (χ4n) is 1.81. The van der Waals surface area contributed by atoms with Gasteiger partial charge in [-0.15, -0.1) is 0 Å². The van der Waals surface area contributed by atoms with Crippen molar-refractivity contribution in [2.45, 2.75) is 54.0 Å². The van der Waals surface area contributed by atoms with Crippen LogP contribution >= 0.6 is 0 Å². The first-order valence-electron chi connectivity index (χ1n) is 7.79. The van der Waals surface area contributed by atoms with E-state index in [1.807, 2.05) is 0 Å². The van der Waals surface area contributed by atoms with E-state index in [2.05, 4.69) is 64.2 Å². The number of rotatable bonds is 8. The molecule has 0 aliphatic carbocycles. The first-order valence-corrected chi connectivity index (χ1v) is 7.79. The Morgan fingerprint density at radius 2 is 1.75 bits per heavy atom. The van der Waals surface area contributed by atoms with E-state index < -0.39 is 0 Å².